The van der Waals surface area contributed by atoms with E-state index in [0.717, 1.165) is 38.6 Å². The molecule has 0 aromatic carbocycles. The minimum Gasteiger partial charge on any atom is -0.448 e. The Hall–Kier alpha value is -1.54. The van der Waals surface area contributed by atoms with Crippen molar-refractivity contribution in [2.75, 3.05) is 39.4 Å². The van der Waals surface area contributed by atoms with E-state index in [1.165, 1.54) is 38.5 Å². The van der Waals surface area contributed by atoms with Crippen molar-refractivity contribution in [3.05, 3.63) is 0 Å². The molecule has 2 rings (SSSR count). The molecule has 8 heteroatoms. The fourth-order valence-corrected chi connectivity index (χ4v) is 4.10. The molecule has 2 fully saturated rings. The number of nitrogens with two attached hydrogens (primary N) is 1. The molecule has 168 valence electrons. The van der Waals surface area contributed by atoms with Crippen LogP contribution in [-0.4, -0.2) is 68.6 Å². The molecule has 8 nitrogen and oxygen atoms in total. The Labute approximate surface area is 175 Å². The minimum absolute atomic E-state index is 0.251. The van der Waals surface area contributed by atoms with Crippen LogP contribution in [-0.2, 0) is 9.47 Å². The highest BCUT2D eigenvalue weighted by atomic mass is 16.6. The number of amides is 2. The minimum atomic E-state index is -0.334. The van der Waals surface area contributed by atoms with Gasteiger partial charge in [0.1, 0.15) is 13.2 Å². The molecule has 0 radical (unpaired) electrons. The van der Waals surface area contributed by atoms with Gasteiger partial charge < -0.3 is 25.8 Å². The van der Waals surface area contributed by atoms with Gasteiger partial charge >= 0.3 is 12.2 Å². The van der Waals surface area contributed by atoms with Gasteiger partial charge in [-0.25, -0.2) is 9.59 Å². The number of ether oxygens (including phenoxy) is 2. The Morgan fingerprint density at radius 3 is 1.62 bits per heavy atom. The summed E-state index contributed by atoms with van der Waals surface area (Å²) in [7, 11) is 0. The van der Waals surface area contributed by atoms with Crippen LogP contribution >= 0.6 is 0 Å². The quantitative estimate of drug-likeness (QED) is 0.482. The van der Waals surface area contributed by atoms with Crippen molar-refractivity contribution in [3.8, 4) is 0 Å². The first-order chi connectivity index (χ1) is 14.2. The molecule has 0 aromatic heterocycles. The summed E-state index contributed by atoms with van der Waals surface area (Å²) in [5, 5.41) is 5.91. The molecule has 0 aromatic rings. The lowest BCUT2D eigenvalue weighted by Gasteiger charge is -2.24. The van der Waals surface area contributed by atoms with Crippen molar-refractivity contribution in [1.82, 2.24) is 15.5 Å². The first-order valence-electron chi connectivity index (χ1n) is 11.5. The largest absolute Gasteiger partial charge is 0.448 e. The predicted molar refractivity (Wildman–Crippen MR) is 113 cm³/mol. The zero-order valence-electron chi connectivity index (χ0n) is 17.8. The van der Waals surface area contributed by atoms with Gasteiger partial charge in [-0.15, -0.1) is 0 Å². The van der Waals surface area contributed by atoms with Gasteiger partial charge in [0.15, 0.2) is 0 Å². The van der Waals surface area contributed by atoms with Gasteiger partial charge in [0, 0.05) is 25.2 Å². The maximum Gasteiger partial charge on any atom is 0.407 e. The van der Waals surface area contributed by atoms with E-state index in [-0.39, 0.29) is 24.3 Å². The first kappa shape index (κ1) is 23.7. The summed E-state index contributed by atoms with van der Waals surface area (Å²) >= 11 is 0. The zero-order chi connectivity index (χ0) is 20.7. The topological polar surface area (TPSA) is 106 Å². The summed E-state index contributed by atoms with van der Waals surface area (Å²) in [5.41, 5.74) is 5.62. The third-order valence-corrected chi connectivity index (χ3v) is 5.81. The van der Waals surface area contributed by atoms with Crippen molar-refractivity contribution in [1.29, 1.82) is 0 Å². The van der Waals surface area contributed by atoms with Crippen LogP contribution < -0.4 is 16.4 Å². The van der Waals surface area contributed by atoms with Crippen LogP contribution in [0.2, 0.25) is 0 Å². The van der Waals surface area contributed by atoms with Crippen LogP contribution in [0.1, 0.15) is 70.6 Å². The number of carbonyl (C=O) groups is 2. The van der Waals surface area contributed by atoms with E-state index >= 15 is 0 Å². The van der Waals surface area contributed by atoms with E-state index in [2.05, 4.69) is 15.5 Å². The SMILES string of the molecule is NCCCN(CCOC(=O)NC1CCCCC1)CCOC(=O)NC1CCCCC1. The predicted octanol–water partition coefficient (Wildman–Crippen LogP) is 2.75. The van der Waals surface area contributed by atoms with Gasteiger partial charge in [-0.05, 0) is 45.2 Å². The summed E-state index contributed by atoms with van der Waals surface area (Å²) < 4.78 is 10.7. The number of hydrogen-bond acceptors (Lipinski definition) is 6. The summed E-state index contributed by atoms with van der Waals surface area (Å²) in [4.78, 5) is 26.0. The smallest absolute Gasteiger partial charge is 0.407 e. The molecule has 2 saturated carbocycles. The Morgan fingerprint density at radius 2 is 1.21 bits per heavy atom. The van der Waals surface area contributed by atoms with Crippen molar-refractivity contribution >= 4 is 12.2 Å². The Kier molecular flexibility index (Phi) is 11.8. The van der Waals surface area contributed by atoms with Crippen LogP contribution in [0.3, 0.4) is 0 Å². The van der Waals surface area contributed by atoms with Gasteiger partial charge in [0.2, 0.25) is 0 Å². The zero-order valence-corrected chi connectivity index (χ0v) is 17.8. The maximum atomic E-state index is 11.9. The van der Waals surface area contributed by atoms with Crippen LogP contribution in [0.5, 0.6) is 0 Å². The number of nitrogens with zero attached hydrogens (tertiary/aromatic N) is 1. The second-order valence-electron chi connectivity index (χ2n) is 8.21. The van der Waals surface area contributed by atoms with E-state index in [9.17, 15) is 9.59 Å². The Morgan fingerprint density at radius 1 is 0.759 bits per heavy atom. The van der Waals surface area contributed by atoms with E-state index < -0.39 is 0 Å². The standard InChI is InChI=1S/C21H40N4O4/c22-12-7-13-25(14-16-28-20(26)23-18-8-3-1-4-9-18)15-17-29-21(27)24-19-10-5-2-6-11-19/h18-19H,1-17,22H2,(H,23,26)(H,24,27). The Balaban J connectivity index is 1.59. The van der Waals surface area contributed by atoms with E-state index in [1.54, 1.807) is 0 Å². The summed E-state index contributed by atoms with van der Waals surface area (Å²) in [6, 6.07) is 0.501. The molecular formula is C21H40N4O4. The molecule has 0 saturated heterocycles. The average Bonchev–Trinajstić information content (AvgIpc) is 2.73. The fraction of sp³-hybridized carbons (Fsp3) is 0.905. The van der Waals surface area contributed by atoms with Gasteiger partial charge in [-0.3, -0.25) is 4.90 Å². The van der Waals surface area contributed by atoms with Crippen LogP contribution in [0.25, 0.3) is 0 Å². The molecule has 0 aliphatic heterocycles. The van der Waals surface area contributed by atoms with Gasteiger partial charge in [-0.2, -0.15) is 0 Å². The fourth-order valence-electron chi connectivity index (χ4n) is 4.10. The lowest BCUT2D eigenvalue weighted by molar-refractivity contribution is 0.102. The van der Waals surface area contributed by atoms with E-state index in [4.69, 9.17) is 15.2 Å². The summed E-state index contributed by atoms with van der Waals surface area (Å²) in [6.07, 6.45) is 11.5. The lowest BCUT2D eigenvalue weighted by Crippen LogP contribution is -2.40. The van der Waals surface area contributed by atoms with Crippen LogP contribution in [0, 0.1) is 0 Å². The molecule has 0 bridgehead atoms. The third-order valence-electron chi connectivity index (χ3n) is 5.81. The Bertz CT molecular complexity index is 428. The van der Waals surface area contributed by atoms with E-state index in [0.29, 0.717) is 32.8 Å². The maximum absolute atomic E-state index is 11.9. The highest BCUT2D eigenvalue weighted by Gasteiger charge is 2.18. The first-order valence-corrected chi connectivity index (χ1v) is 11.5. The second kappa shape index (κ2) is 14.4. The highest BCUT2D eigenvalue weighted by molar-refractivity contribution is 5.67. The molecule has 0 atom stereocenters. The number of alkyl carbamates (subject to hydrolysis) is 2. The van der Waals surface area contributed by atoms with Crippen molar-refractivity contribution in [2.24, 2.45) is 5.73 Å². The molecule has 0 unspecified atom stereocenters. The van der Waals surface area contributed by atoms with Crippen molar-refractivity contribution in [3.63, 3.8) is 0 Å². The molecule has 29 heavy (non-hydrogen) atoms. The van der Waals surface area contributed by atoms with Gasteiger partial charge in [-0.1, -0.05) is 38.5 Å². The second-order valence-corrected chi connectivity index (χ2v) is 8.21. The van der Waals surface area contributed by atoms with Crippen LogP contribution in [0.15, 0.2) is 0 Å². The van der Waals surface area contributed by atoms with Crippen LogP contribution in [0.4, 0.5) is 9.59 Å². The van der Waals surface area contributed by atoms with Gasteiger partial charge in [0.05, 0.1) is 0 Å². The van der Waals surface area contributed by atoms with Crippen molar-refractivity contribution in [2.45, 2.75) is 82.7 Å². The average molecular weight is 413 g/mol. The lowest BCUT2D eigenvalue weighted by atomic mass is 9.96. The molecular weight excluding hydrogens is 372 g/mol. The monoisotopic (exact) mass is 412 g/mol. The number of nitrogens with one attached hydrogen (secondary N) is 2. The molecule has 2 amide bonds. The number of rotatable bonds is 11. The number of carbonyl (C=O) groups excluding carboxylic acids is 2. The summed E-state index contributed by atoms with van der Waals surface area (Å²) in [6.45, 7) is 3.23. The van der Waals surface area contributed by atoms with E-state index in [1.807, 2.05) is 0 Å². The molecule has 2 aliphatic rings. The molecule has 2 aliphatic carbocycles. The molecule has 4 N–H and O–H groups in total. The van der Waals surface area contributed by atoms with Crippen molar-refractivity contribution < 1.29 is 19.1 Å². The molecule has 0 spiro atoms. The normalized spacial score (nSPS) is 18.4. The third kappa shape index (κ3) is 10.7. The molecule has 0 heterocycles. The van der Waals surface area contributed by atoms with Gasteiger partial charge in [0.25, 0.3) is 0 Å². The highest BCUT2D eigenvalue weighted by Crippen LogP contribution is 2.18. The number of hydrogen-bond donors (Lipinski definition) is 3. The summed E-state index contributed by atoms with van der Waals surface area (Å²) in [5.74, 6) is 0.